The van der Waals surface area contributed by atoms with Gasteiger partial charge in [-0.15, -0.1) is 0 Å². The smallest absolute Gasteiger partial charge is 0.329 e. The van der Waals surface area contributed by atoms with E-state index in [2.05, 4.69) is 10.6 Å². The summed E-state index contributed by atoms with van der Waals surface area (Å²) in [6.45, 7) is 0.191. The molecular formula is C15H20N2O4S. The van der Waals surface area contributed by atoms with Gasteiger partial charge in [0.15, 0.2) is 0 Å². The summed E-state index contributed by atoms with van der Waals surface area (Å²) in [5.74, 6) is -1.53. The molecule has 0 unspecified atom stereocenters. The third-order valence-electron chi connectivity index (χ3n) is 3.92. The van der Waals surface area contributed by atoms with Crippen molar-refractivity contribution in [2.24, 2.45) is 0 Å². The Morgan fingerprint density at radius 1 is 1.23 bits per heavy atom. The molecule has 3 N–H and O–H groups in total. The average Bonchev–Trinajstić information content (AvgIpc) is 3.02. The maximum atomic E-state index is 12.0. The normalized spacial score (nSPS) is 16.7. The number of hydrogen-bond acceptors (Lipinski definition) is 4. The Bertz CT molecular complexity index is 536. The molecule has 0 bridgehead atoms. The van der Waals surface area contributed by atoms with Gasteiger partial charge in [0.05, 0.1) is 0 Å². The van der Waals surface area contributed by atoms with Crippen LogP contribution < -0.4 is 10.6 Å². The van der Waals surface area contributed by atoms with Gasteiger partial charge >= 0.3 is 5.97 Å². The van der Waals surface area contributed by atoms with E-state index in [1.807, 2.05) is 0 Å². The number of thiophene rings is 1. The maximum absolute atomic E-state index is 12.0. The molecule has 0 aliphatic heterocycles. The highest BCUT2D eigenvalue weighted by Gasteiger charge is 2.40. The molecule has 0 spiro atoms. The topological polar surface area (TPSA) is 95.5 Å². The fourth-order valence-electron chi connectivity index (χ4n) is 2.66. The predicted octanol–water partition coefficient (Wildman–Crippen LogP) is 1.77. The van der Waals surface area contributed by atoms with Crippen LogP contribution >= 0.6 is 11.3 Å². The number of aliphatic carboxylic acids is 1. The Labute approximate surface area is 132 Å². The second-order valence-corrected chi connectivity index (χ2v) is 6.29. The molecule has 22 heavy (non-hydrogen) atoms. The second-order valence-electron chi connectivity index (χ2n) is 5.51. The lowest BCUT2D eigenvalue weighted by Gasteiger charge is -2.34. The minimum Gasteiger partial charge on any atom is -0.480 e. The SMILES string of the molecule is O=C(CCNC(=O)c1ccsc1)NC1(C(=O)O)CCCCC1. The van der Waals surface area contributed by atoms with E-state index in [1.165, 1.54) is 11.3 Å². The number of rotatable bonds is 6. The predicted molar refractivity (Wildman–Crippen MR) is 82.9 cm³/mol. The van der Waals surface area contributed by atoms with Crippen LogP contribution in [-0.4, -0.2) is 35.0 Å². The van der Waals surface area contributed by atoms with Crippen LogP contribution in [-0.2, 0) is 9.59 Å². The lowest BCUT2D eigenvalue weighted by atomic mass is 9.81. The fourth-order valence-corrected chi connectivity index (χ4v) is 3.30. The van der Waals surface area contributed by atoms with E-state index in [4.69, 9.17) is 0 Å². The summed E-state index contributed by atoms with van der Waals surface area (Å²) in [5, 5.41) is 18.2. The van der Waals surface area contributed by atoms with Crippen molar-refractivity contribution < 1.29 is 19.5 Å². The van der Waals surface area contributed by atoms with E-state index < -0.39 is 11.5 Å². The van der Waals surface area contributed by atoms with Crippen molar-refractivity contribution in [3.8, 4) is 0 Å². The molecule has 2 amide bonds. The van der Waals surface area contributed by atoms with Gasteiger partial charge in [0, 0.05) is 23.9 Å². The van der Waals surface area contributed by atoms with Crippen LogP contribution in [0, 0.1) is 0 Å². The van der Waals surface area contributed by atoms with Crippen LogP contribution in [0.15, 0.2) is 16.8 Å². The number of carbonyl (C=O) groups is 3. The highest BCUT2D eigenvalue weighted by molar-refractivity contribution is 7.08. The molecular weight excluding hydrogens is 304 g/mol. The van der Waals surface area contributed by atoms with Crippen molar-refractivity contribution in [3.63, 3.8) is 0 Å². The Morgan fingerprint density at radius 2 is 1.95 bits per heavy atom. The van der Waals surface area contributed by atoms with Crippen LogP contribution in [0.4, 0.5) is 0 Å². The zero-order chi connectivity index (χ0) is 16.0. The number of carboxylic acids is 1. The molecule has 120 valence electrons. The van der Waals surface area contributed by atoms with Crippen molar-refractivity contribution >= 4 is 29.1 Å². The van der Waals surface area contributed by atoms with E-state index in [0.717, 1.165) is 19.3 Å². The molecule has 1 aliphatic carbocycles. The first kappa shape index (κ1) is 16.5. The Morgan fingerprint density at radius 3 is 2.55 bits per heavy atom. The van der Waals surface area contributed by atoms with Crippen molar-refractivity contribution in [2.45, 2.75) is 44.1 Å². The first-order valence-electron chi connectivity index (χ1n) is 7.38. The number of nitrogens with one attached hydrogen (secondary N) is 2. The van der Waals surface area contributed by atoms with Gasteiger partial charge in [0.1, 0.15) is 5.54 Å². The lowest BCUT2D eigenvalue weighted by molar-refractivity contribution is -0.149. The molecule has 0 saturated heterocycles. The number of carbonyl (C=O) groups excluding carboxylic acids is 2. The van der Waals surface area contributed by atoms with Gasteiger partial charge in [-0.1, -0.05) is 19.3 Å². The minimum absolute atomic E-state index is 0.0743. The Hall–Kier alpha value is -1.89. The molecule has 1 fully saturated rings. The molecule has 6 nitrogen and oxygen atoms in total. The number of carboxylic acid groups (broad SMARTS) is 1. The summed E-state index contributed by atoms with van der Waals surface area (Å²) in [7, 11) is 0. The molecule has 1 saturated carbocycles. The van der Waals surface area contributed by atoms with Crippen molar-refractivity contribution in [1.29, 1.82) is 0 Å². The molecule has 1 aromatic rings. The van der Waals surface area contributed by atoms with E-state index in [9.17, 15) is 19.5 Å². The van der Waals surface area contributed by atoms with Crippen molar-refractivity contribution in [3.05, 3.63) is 22.4 Å². The first-order chi connectivity index (χ1) is 10.5. The Kier molecular flexibility index (Phi) is 5.54. The third-order valence-corrected chi connectivity index (χ3v) is 4.60. The molecule has 1 heterocycles. The van der Waals surface area contributed by atoms with Crippen LogP contribution in [0.5, 0.6) is 0 Å². The van der Waals surface area contributed by atoms with Gasteiger partial charge < -0.3 is 15.7 Å². The minimum atomic E-state index is -1.13. The van der Waals surface area contributed by atoms with Gasteiger partial charge in [-0.2, -0.15) is 11.3 Å². The van der Waals surface area contributed by atoms with Crippen LogP contribution in [0.25, 0.3) is 0 Å². The van der Waals surface area contributed by atoms with Gasteiger partial charge in [0.25, 0.3) is 5.91 Å². The number of amides is 2. The highest BCUT2D eigenvalue weighted by Crippen LogP contribution is 2.28. The molecule has 2 rings (SSSR count). The van der Waals surface area contributed by atoms with Crippen LogP contribution in [0.1, 0.15) is 48.9 Å². The first-order valence-corrected chi connectivity index (χ1v) is 8.33. The summed E-state index contributed by atoms with van der Waals surface area (Å²) >= 11 is 1.43. The summed E-state index contributed by atoms with van der Waals surface area (Å²) in [4.78, 5) is 35.1. The summed E-state index contributed by atoms with van der Waals surface area (Å²) in [6.07, 6.45) is 3.63. The van der Waals surface area contributed by atoms with E-state index in [-0.39, 0.29) is 24.8 Å². The molecule has 1 aromatic heterocycles. The average molecular weight is 324 g/mol. The molecule has 0 aromatic carbocycles. The monoisotopic (exact) mass is 324 g/mol. The van der Waals surface area contributed by atoms with E-state index in [0.29, 0.717) is 18.4 Å². The molecule has 0 atom stereocenters. The highest BCUT2D eigenvalue weighted by atomic mass is 32.1. The zero-order valence-electron chi connectivity index (χ0n) is 12.3. The lowest BCUT2D eigenvalue weighted by Crippen LogP contribution is -2.55. The number of hydrogen-bond donors (Lipinski definition) is 3. The summed E-state index contributed by atoms with van der Waals surface area (Å²) in [5.41, 5.74) is -0.563. The second kappa shape index (κ2) is 7.40. The fraction of sp³-hybridized carbons (Fsp3) is 0.533. The quantitative estimate of drug-likeness (QED) is 0.743. The molecule has 7 heteroatoms. The van der Waals surface area contributed by atoms with Gasteiger partial charge in [-0.3, -0.25) is 9.59 Å². The van der Waals surface area contributed by atoms with Crippen molar-refractivity contribution in [2.75, 3.05) is 6.54 Å². The van der Waals surface area contributed by atoms with Crippen molar-refractivity contribution in [1.82, 2.24) is 10.6 Å². The van der Waals surface area contributed by atoms with Gasteiger partial charge in [-0.25, -0.2) is 4.79 Å². The Balaban J connectivity index is 1.79. The van der Waals surface area contributed by atoms with Crippen LogP contribution in [0.3, 0.4) is 0 Å². The maximum Gasteiger partial charge on any atom is 0.329 e. The van der Waals surface area contributed by atoms with E-state index in [1.54, 1.807) is 16.8 Å². The van der Waals surface area contributed by atoms with Crippen LogP contribution in [0.2, 0.25) is 0 Å². The largest absolute Gasteiger partial charge is 0.480 e. The van der Waals surface area contributed by atoms with E-state index >= 15 is 0 Å². The summed E-state index contributed by atoms with van der Waals surface area (Å²) < 4.78 is 0. The van der Waals surface area contributed by atoms with Gasteiger partial charge in [-0.05, 0) is 24.3 Å². The zero-order valence-corrected chi connectivity index (χ0v) is 13.1. The molecule has 0 radical (unpaired) electrons. The molecule has 1 aliphatic rings. The standard InChI is InChI=1S/C15H20N2O4S/c18-12(4-8-16-13(19)11-5-9-22-10-11)17-15(14(20)21)6-2-1-3-7-15/h5,9-10H,1-4,6-8H2,(H,16,19)(H,17,18)(H,20,21). The third kappa shape index (κ3) is 4.07. The summed E-state index contributed by atoms with van der Waals surface area (Å²) in [6, 6.07) is 1.71. The van der Waals surface area contributed by atoms with Gasteiger partial charge in [0.2, 0.25) is 5.91 Å².